The van der Waals surface area contributed by atoms with Crippen molar-refractivity contribution in [2.75, 3.05) is 0 Å². The predicted octanol–water partition coefficient (Wildman–Crippen LogP) is 3.71. The molecule has 0 spiro atoms. The molecule has 0 N–H and O–H groups in total. The molecule has 0 saturated carbocycles. The van der Waals surface area contributed by atoms with E-state index in [9.17, 15) is 4.39 Å². The van der Waals surface area contributed by atoms with E-state index in [2.05, 4.69) is 20.8 Å². The Hall–Kier alpha value is -0.850. The minimum absolute atomic E-state index is 0.141. The quantitative estimate of drug-likeness (QED) is 0.622. The predicted molar refractivity (Wildman–Crippen MR) is 64.5 cm³/mol. The van der Waals surface area contributed by atoms with Gasteiger partial charge in [-0.25, -0.2) is 4.39 Å². The van der Waals surface area contributed by atoms with E-state index in [0.29, 0.717) is 0 Å². The van der Waals surface area contributed by atoms with Crippen LogP contribution in [-0.2, 0) is 31.1 Å². The molecular formula is C15H19F. The molecule has 0 fully saturated rings. The first-order chi connectivity index (χ1) is 7.50. The summed E-state index contributed by atoms with van der Waals surface area (Å²) in [4.78, 5) is 0. The van der Waals surface area contributed by atoms with Crippen LogP contribution in [0.25, 0.3) is 0 Å². The first kappa shape index (κ1) is 10.3. The van der Waals surface area contributed by atoms with Gasteiger partial charge in [-0.3, -0.25) is 0 Å². The fraction of sp³-hybridized carbons (Fsp3) is 0.600. The molecule has 0 unspecified atom stereocenters. The number of hydrogen-bond acceptors (Lipinski definition) is 0. The zero-order valence-electron chi connectivity index (χ0n) is 10.4. The van der Waals surface area contributed by atoms with Crippen molar-refractivity contribution in [3.8, 4) is 0 Å². The Balaban J connectivity index is 2.33. The van der Waals surface area contributed by atoms with E-state index in [4.69, 9.17) is 0 Å². The van der Waals surface area contributed by atoms with Crippen LogP contribution in [0, 0.1) is 5.82 Å². The molecule has 16 heavy (non-hydrogen) atoms. The third kappa shape index (κ3) is 1.20. The van der Waals surface area contributed by atoms with Crippen molar-refractivity contribution >= 4 is 0 Å². The van der Waals surface area contributed by atoms with Gasteiger partial charge in [0, 0.05) is 0 Å². The van der Waals surface area contributed by atoms with Gasteiger partial charge in [0.2, 0.25) is 0 Å². The second kappa shape index (κ2) is 3.09. The highest BCUT2D eigenvalue weighted by Crippen LogP contribution is 2.43. The van der Waals surface area contributed by atoms with E-state index < -0.39 is 0 Å². The molecule has 0 radical (unpaired) electrons. The van der Waals surface area contributed by atoms with Crippen LogP contribution in [0.5, 0.6) is 0 Å². The Morgan fingerprint density at radius 3 is 1.88 bits per heavy atom. The van der Waals surface area contributed by atoms with E-state index in [1.807, 2.05) is 0 Å². The number of rotatable bonds is 0. The Morgan fingerprint density at radius 2 is 1.31 bits per heavy atom. The van der Waals surface area contributed by atoms with Crippen molar-refractivity contribution in [3.63, 3.8) is 0 Å². The highest BCUT2D eigenvalue weighted by molar-refractivity contribution is 5.55. The monoisotopic (exact) mass is 218 g/mol. The molecular weight excluding hydrogens is 199 g/mol. The van der Waals surface area contributed by atoms with Crippen molar-refractivity contribution in [1.82, 2.24) is 0 Å². The molecule has 1 heteroatoms. The van der Waals surface area contributed by atoms with Gasteiger partial charge in [-0.2, -0.15) is 0 Å². The molecule has 2 aliphatic rings. The molecule has 0 aliphatic heterocycles. The Bertz CT molecular complexity index is 464. The SMILES string of the molecule is CC(C)(C)c1c2c(c(F)c3c1CC3)CCC2. The molecule has 0 saturated heterocycles. The maximum Gasteiger partial charge on any atom is 0.130 e. The first-order valence-electron chi connectivity index (χ1n) is 6.35. The van der Waals surface area contributed by atoms with Gasteiger partial charge in [-0.05, 0) is 65.3 Å². The molecule has 0 nitrogen and oxygen atoms in total. The fourth-order valence-electron chi connectivity index (χ4n) is 3.42. The zero-order chi connectivity index (χ0) is 11.5. The molecule has 1 aromatic rings. The van der Waals surface area contributed by atoms with Crippen LogP contribution in [0.2, 0.25) is 0 Å². The minimum Gasteiger partial charge on any atom is -0.206 e. The normalized spacial score (nSPS) is 18.0. The Morgan fingerprint density at radius 1 is 0.812 bits per heavy atom. The van der Waals surface area contributed by atoms with Crippen LogP contribution < -0.4 is 0 Å². The van der Waals surface area contributed by atoms with E-state index in [1.165, 1.54) is 16.7 Å². The van der Waals surface area contributed by atoms with Gasteiger partial charge in [0.1, 0.15) is 5.82 Å². The van der Waals surface area contributed by atoms with Gasteiger partial charge in [-0.1, -0.05) is 20.8 Å². The molecule has 0 aromatic heterocycles. The van der Waals surface area contributed by atoms with Crippen LogP contribution in [0.15, 0.2) is 0 Å². The van der Waals surface area contributed by atoms with Gasteiger partial charge < -0.3 is 0 Å². The molecule has 1 aromatic carbocycles. The molecule has 0 heterocycles. The van der Waals surface area contributed by atoms with Gasteiger partial charge in [0.25, 0.3) is 0 Å². The topological polar surface area (TPSA) is 0 Å². The van der Waals surface area contributed by atoms with Crippen molar-refractivity contribution in [2.24, 2.45) is 0 Å². The van der Waals surface area contributed by atoms with E-state index in [-0.39, 0.29) is 11.2 Å². The Kier molecular flexibility index (Phi) is 1.99. The van der Waals surface area contributed by atoms with Crippen molar-refractivity contribution in [1.29, 1.82) is 0 Å². The van der Waals surface area contributed by atoms with Crippen LogP contribution in [0.4, 0.5) is 4.39 Å². The smallest absolute Gasteiger partial charge is 0.130 e. The summed E-state index contributed by atoms with van der Waals surface area (Å²) in [6, 6.07) is 0. The van der Waals surface area contributed by atoms with E-state index in [0.717, 1.165) is 43.2 Å². The lowest BCUT2D eigenvalue weighted by atomic mass is 9.71. The molecule has 0 amide bonds. The summed E-state index contributed by atoms with van der Waals surface area (Å²) in [7, 11) is 0. The second-order valence-corrected chi connectivity index (χ2v) is 6.21. The van der Waals surface area contributed by atoms with Crippen LogP contribution in [0.3, 0.4) is 0 Å². The van der Waals surface area contributed by atoms with E-state index in [1.54, 1.807) is 0 Å². The lowest BCUT2D eigenvalue weighted by Gasteiger charge is -2.33. The standard InChI is InChI=1S/C15H19F/c1-15(2,3)13-9-5-4-6-11(9)14(16)12-8-7-10(12)13/h4-8H2,1-3H3. The van der Waals surface area contributed by atoms with Crippen molar-refractivity contribution in [2.45, 2.75) is 58.3 Å². The second-order valence-electron chi connectivity index (χ2n) is 6.21. The summed E-state index contributed by atoms with van der Waals surface area (Å²) in [5.41, 5.74) is 6.41. The van der Waals surface area contributed by atoms with Gasteiger partial charge in [0.05, 0.1) is 0 Å². The summed E-state index contributed by atoms with van der Waals surface area (Å²) in [5, 5.41) is 0. The fourth-order valence-corrected chi connectivity index (χ4v) is 3.42. The van der Waals surface area contributed by atoms with Crippen LogP contribution >= 0.6 is 0 Å². The van der Waals surface area contributed by atoms with Gasteiger partial charge in [-0.15, -0.1) is 0 Å². The first-order valence-corrected chi connectivity index (χ1v) is 6.35. The molecule has 3 rings (SSSR count). The average molecular weight is 218 g/mol. The summed E-state index contributed by atoms with van der Waals surface area (Å²) < 4.78 is 14.2. The van der Waals surface area contributed by atoms with Crippen LogP contribution in [0.1, 0.15) is 55.0 Å². The third-order valence-electron chi connectivity index (χ3n) is 4.09. The summed E-state index contributed by atoms with van der Waals surface area (Å²) in [5.74, 6) is 0.141. The summed E-state index contributed by atoms with van der Waals surface area (Å²) in [6.07, 6.45) is 5.23. The molecule has 2 aliphatic carbocycles. The maximum atomic E-state index is 14.2. The summed E-state index contributed by atoms with van der Waals surface area (Å²) in [6.45, 7) is 6.78. The minimum atomic E-state index is 0.141. The maximum absolute atomic E-state index is 14.2. The van der Waals surface area contributed by atoms with Gasteiger partial charge in [0.15, 0.2) is 0 Å². The number of halogens is 1. The highest BCUT2D eigenvalue weighted by atomic mass is 19.1. The summed E-state index contributed by atoms with van der Waals surface area (Å²) >= 11 is 0. The third-order valence-corrected chi connectivity index (χ3v) is 4.09. The van der Waals surface area contributed by atoms with E-state index >= 15 is 0 Å². The number of benzene rings is 1. The number of fused-ring (bicyclic) bond motifs is 2. The lowest BCUT2D eigenvalue weighted by molar-refractivity contribution is 0.536. The van der Waals surface area contributed by atoms with Crippen LogP contribution in [-0.4, -0.2) is 0 Å². The molecule has 86 valence electrons. The molecule has 0 bridgehead atoms. The highest BCUT2D eigenvalue weighted by Gasteiger charge is 2.34. The molecule has 0 atom stereocenters. The Labute approximate surface area is 96.9 Å². The van der Waals surface area contributed by atoms with Crippen molar-refractivity contribution < 1.29 is 4.39 Å². The van der Waals surface area contributed by atoms with Crippen molar-refractivity contribution in [3.05, 3.63) is 33.6 Å². The number of hydrogen-bond donors (Lipinski definition) is 0. The van der Waals surface area contributed by atoms with Gasteiger partial charge >= 0.3 is 0 Å². The zero-order valence-corrected chi connectivity index (χ0v) is 10.4. The lowest BCUT2D eigenvalue weighted by Crippen LogP contribution is -2.25. The average Bonchev–Trinajstić information content (AvgIpc) is 2.56. The largest absolute Gasteiger partial charge is 0.206 e.